The lowest BCUT2D eigenvalue weighted by atomic mass is 9.86. The zero-order valence-corrected chi connectivity index (χ0v) is 12.1. The van der Waals surface area contributed by atoms with E-state index in [1.165, 1.54) is 12.8 Å². The first-order chi connectivity index (χ1) is 9.23. The lowest BCUT2D eigenvalue weighted by Crippen LogP contribution is -2.32. The quantitative estimate of drug-likeness (QED) is 0.939. The first-order valence-corrected chi connectivity index (χ1v) is 7.19. The Labute approximate surface area is 119 Å². The molecule has 1 fully saturated rings. The van der Waals surface area contributed by atoms with E-state index in [0.29, 0.717) is 24.0 Å². The molecule has 0 spiro atoms. The van der Waals surface area contributed by atoms with Crippen LogP contribution in [0.1, 0.15) is 31.6 Å². The molecule has 2 N–H and O–H groups in total. The summed E-state index contributed by atoms with van der Waals surface area (Å²) < 4.78 is 6.36. The fraction of sp³-hybridized carbons (Fsp3) is 0.462. The SMILES string of the molecule is NCC1(c2nc(-c3ccc(Br)cn3)no2)CCCC1. The summed E-state index contributed by atoms with van der Waals surface area (Å²) in [6.07, 6.45) is 6.12. The third-order valence-electron chi connectivity index (χ3n) is 3.79. The minimum Gasteiger partial charge on any atom is -0.338 e. The average Bonchev–Trinajstić information content (AvgIpc) is 3.09. The van der Waals surface area contributed by atoms with Gasteiger partial charge in [-0.15, -0.1) is 0 Å². The molecule has 6 heteroatoms. The van der Waals surface area contributed by atoms with Gasteiger partial charge in [0.1, 0.15) is 5.69 Å². The van der Waals surface area contributed by atoms with Crippen LogP contribution in [0.2, 0.25) is 0 Å². The van der Waals surface area contributed by atoms with Crippen molar-refractivity contribution in [3.05, 3.63) is 28.7 Å². The first kappa shape index (κ1) is 12.7. The number of nitrogens with two attached hydrogens (primary N) is 1. The lowest BCUT2D eigenvalue weighted by molar-refractivity contribution is 0.284. The van der Waals surface area contributed by atoms with Gasteiger partial charge in [0.15, 0.2) is 0 Å². The maximum atomic E-state index is 5.92. The van der Waals surface area contributed by atoms with Crippen molar-refractivity contribution in [2.24, 2.45) is 5.73 Å². The van der Waals surface area contributed by atoms with Gasteiger partial charge in [0.2, 0.25) is 11.7 Å². The van der Waals surface area contributed by atoms with E-state index in [2.05, 4.69) is 31.1 Å². The van der Waals surface area contributed by atoms with Crippen LogP contribution < -0.4 is 5.73 Å². The van der Waals surface area contributed by atoms with Gasteiger partial charge in [-0.1, -0.05) is 18.0 Å². The number of nitrogens with zero attached hydrogens (tertiary/aromatic N) is 3. The van der Waals surface area contributed by atoms with Crippen LogP contribution in [0, 0.1) is 0 Å². The second-order valence-corrected chi connectivity index (χ2v) is 5.89. The maximum Gasteiger partial charge on any atom is 0.234 e. The molecule has 1 aliphatic carbocycles. The molecule has 0 bridgehead atoms. The van der Waals surface area contributed by atoms with Crippen molar-refractivity contribution in [3.63, 3.8) is 0 Å². The molecule has 5 nitrogen and oxygen atoms in total. The van der Waals surface area contributed by atoms with Gasteiger partial charge in [-0.05, 0) is 40.9 Å². The Morgan fingerprint density at radius 2 is 2.11 bits per heavy atom. The Bertz CT molecular complexity index is 560. The van der Waals surface area contributed by atoms with Crippen molar-refractivity contribution in [3.8, 4) is 11.5 Å². The van der Waals surface area contributed by atoms with Gasteiger partial charge in [0, 0.05) is 17.2 Å². The third-order valence-corrected chi connectivity index (χ3v) is 4.26. The van der Waals surface area contributed by atoms with Crippen LogP contribution in [0.4, 0.5) is 0 Å². The summed E-state index contributed by atoms with van der Waals surface area (Å²) in [5.74, 6) is 1.19. The number of halogens is 1. The molecule has 2 heterocycles. The summed E-state index contributed by atoms with van der Waals surface area (Å²) in [5.41, 5.74) is 6.51. The molecule has 100 valence electrons. The van der Waals surface area contributed by atoms with Gasteiger partial charge in [0.05, 0.1) is 5.41 Å². The summed E-state index contributed by atoms with van der Waals surface area (Å²) in [7, 11) is 0. The Kier molecular flexibility index (Phi) is 3.36. The van der Waals surface area contributed by atoms with Crippen LogP contribution in [0.3, 0.4) is 0 Å². The van der Waals surface area contributed by atoms with Gasteiger partial charge >= 0.3 is 0 Å². The topological polar surface area (TPSA) is 77.8 Å². The normalized spacial score (nSPS) is 17.8. The van der Waals surface area contributed by atoms with E-state index in [1.807, 2.05) is 12.1 Å². The van der Waals surface area contributed by atoms with Crippen molar-refractivity contribution in [1.82, 2.24) is 15.1 Å². The second-order valence-electron chi connectivity index (χ2n) is 4.98. The number of pyridine rings is 1. The molecule has 3 rings (SSSR count). The maximum absolute atomic E-state index is 5.92. The van der Waals surface area contributed by atoms with E-state index in [-0.39, 0.29) is 5.41 Å². The highest BCUT2D eigenvalue weighted by Crippen LogP contribution is 2.39. The molecule has 2 aromatic rings. The van der Waals surface area contributed by atoms with Crippen LogP contribution in [-0.2, 0) is 5.41 Å². The van der Waals surface area contributed by atoms with Gasteiger partial charge in [-0.3, -0.25) is 4.98 Å². The Balaban J connectivity index is 1.92. The summed E-state index contributed by atoms with van der Waals surface area (Å²) in [5, 5.41) is 4.03. The van der Waals surface area contributed by atoms with Crippen LogP contribution in [-0.4, -0.2) is 21.7 Å². The molecule has 0 aromatic carbocycles. The molecular formula is C13H15BrN4O. The molecular weight excluding hydrogens is 308 g/mol. The van der Waals surface area contributed by atoms with Crippen molar-refractivity contribution in [2.75, 3.05) is 6.54 Å². The standard InChI is InChI=1S/C13H15BrN4O/c14-9-3-4-10(16-7-9)11-17-12(19-18-11)13(8-15)5-1-2-6-13/h3-4,7H,1-2,5-6,8,15H2. The van der Waals surface area contributed by atoms with Crippen LogP contribution in [0.15, 0.2) is 27.3 Å². The van der Waals surface area contributed by atoms with Crippen LogP contribution in [0.5, 0.6) is 0 Å². The largest absolute Gasteiger partial charge is 0.338 e. The number of rotatable bonds is 3. The Morgan fingerprint density at radius 1 is 1.32 bits per heavy atom. The molecule has 1 aliphatic rings. The summed E-state index contributed by atoms with van der Waals surface area (Å²) in [6.45, 7) is 0.558. The van der Waals surface area contributed by atoms with Gasteiger partial charge < -0.3 is 10.3 Å². The summed E-state index contributed by atoms with van der Waals surface area (Å²) in [6, 6.07) is 3.77. The molecule has 1 saturated carbocycles. The molecule has 0 atom stereocenters. The fourth-order valence-electron chi connectivity index (χ4n) is 2.61. The summed E-state index contributed by atoms with van der Waals surface area (Å²) >= 11 is 3.35. The van der Waals surface area contributed by atoms with Crippen LogP contribution in [0.25, 0.3) is 11.5 Å². The van der Waals surface area contributed by atoms with Gasteiger partial charge in [-0.2, -0.15) is 4.98 Å². The van der Waals surface area contributed by atoms with E-state index < -0.39 is 0 Å². The monoisotopic (exact) mass is 322 g/mol. The van der Waals surface area contributed by atoms with Crippen molar-refractivity contribution < 1.29 is 4.52 Å². The van der Waals surface area contributed by atoms with E-state index in [9.17, 15) is 0 Å². The average molecular weight is 323 g/mol. The third kappa shape index (κ3) is 2.30. The van der Waals surface area contributed by atoms with Crippen LogP contribution >= 0.6 is 15.9 Å². The highest BCUT2D eigenvalue weighted by atomic mass is 79.9. The van der Waals surface area contributed by atoms with Crippen molar-refractivity contribution >= 4 is 15.9 Å². The van der Waals surface area contributed by atoms with E-state index in [1.54, 1.807) is 6.20 Å². The predicted octanol–water partition coefficient (Wildman–Crippen LogP) is 2.66. The fourth-order valence-corrected chi connectivity index (χ4v) is 2.84. The smallest absolute Gasteiger partial charge is 0.234 e. The molecule has 0 aliphatic heterocycles. The van der Waals surface area contributed by atoms with Crippen molar-refractivity contribution in [2.45, 2.75) is 31.1 Å². The molecule has 0 radical (unpaired) electrons. The number of hydrogen-bond acceptors (Lipinski definition) is 5. The predicted molar refractivity (Wildman–Crippen MR) is 74.4 cm³/mol. The van der Waals surface area contributed by atoms with Gasteiger partial charge in [-0.25, -0.2) is 0 Å². The summed E-state index contributed by atoms with van der Waals surface area (Å²) in [4.78, 5) is 8.77. The molecule has 0 saturated heterocycles. The van der Waals surface area contributed by atoms with E-state index >= 15 is 0 Å². The Hall–Kier alpha value is -1.27. The van der Waals surface area contributed by atoms with E-state index in [4.69, 9.17) is 10.3 Å². The zero-order chi connectivity index (χ0) is 13.3. The number of aromatic nitrogens is 3. The molecule has 19 heavy (non-hydrogen) atoms. The highest BCUT2D eigenvalue weighted by Gasteiger charge is 2.39. The lowest BCUT2D eigenvalue weighted by Gasteiger charge is -2.21. The minimum atomic E-state index is -0.124. The Morgan fingerprint density at radius 3 is 2.74 bits per heavy atom. The molecule has 0 unspecified atom stereocenters. The van der Waals surface area contributed by atoms with Gasteiger partial charge in [0.25, 0.3) is 0 Å². The molecule has 0 amide bonds. The zero-order valence-electron chi connectivity index (χ0n) is 10.5. The van der Waals surface area contributed by atoms with E-state index in [0.717, 1.165) is 17.3 Å². The highest BCUT2D eigenvalue weighted by molar-refractivity contribution is 9.10. The molecule has 2 aromatic heterocycles. The minimum absolute atomic E-state index is 0.124. The number of hydrogen-bond donors (Lipinski definition) is 1. The van der Waals surface area contributed by atoms with Crippen molar-refractivity contribution in [1.29, 1.82) is 0 Å². The second kappa shape index (κ2) is 5.02. The first-order valence-electron chi connectivity index (χ1n) is 6.40.